The van der Waals surface area contributed by atoms with Gasteiger partial charge in [0.2, 0.25) is 15.9 Å². The van der Waals surface area contributed by atoms with Crippen LogP contribution in [0, 0.1) is 5.92 Å². The van der Waals surface area contributed by atoms with Gasteiger partial charge in [-0.05, 0) is 37.5 Å². The van der Waals surface area contributed by atoms with Gasteiger partial charge >= 0.3 is 0 Å². The van der Waals surface area contributed by atoms with Gasteiger partial charge in [0, 0.05) is 31.6 Å². The molecular weight excluding hydrogens is 326 g/mol. The molecule has 3 N–H and O–H groups in total. The average Bonchev–Trinajstić information content (AvgIpc) is 2.60. The van der Waals surface area contributed by atoms with Crippen molar-refractivity contribution in [1.29, 1.82) is 0 Å². The zero-order valence-electron chi connectivity index (χ0n) is 14.4. The van der Waals surface area contributed by atoms with Gasteiger partial charge in [0.1, 0.15) is 0 Å². The summed E-state index contributed by atoms with van der Waals surface area (Å²) in [6.45, 7) is 5.13. The minimum atomic E-state index is -3.41. The smallest absolute Gasteiger partial charge is 0.243 e. The molecule has 0 saturated carbocycles. The lowest BCUT2D eigenvalue weighted by Crippen LogP contribution is -2.38. The van der Waals surface area contributed by atoms with E-state index in [1.165, 1.54) is 0 Å². The molecule has 7 heteroatoms. The van der Waals surface area contributed by atoms with Crippen molar-refractivity contribution in [1.82, 2.24) is 9.62 Å². The van der Waals surface area contributed by atoms with Crippen molar-refractivity contribution in [3.05, 3.63) is 29.8 Å². The summed E-state index contributed by atoms with van der Waals surface area (Å²) in [5.41, 5.74) is 6.57. The normalized spacial score (nSPS) is 18.8. The quantitative estimate of drug-likeness (QED) is 0.810. The fourth-order valence-corrected chi connectivity index (χ4v) is 4.14. The Kier molecular flexibility index (Phi) is 6.37. The molecule has 1 aromatic carbocycles. The summed E-state index contributed by atoms with van der Waals surface area (Å²) >= 11 is 0. The minimum Gasteiger partial charge on any atom is -0.352 e. The first kappa shape index (κ1) is 18.9. The SMILES string of the molecule is CC(N)C(C)C(=O)NCc1ccc(S(=O)(=O)N2CCCCC2)cc1. The summed E-state index contributed by atoms with van der Waals surface area (Å²) in [4.78, 5) is 12.2. The number of nitrogens with two attached hydrogens (primary N) is 1. The third-order valence-electron chi connectivity index (χ3n) is 4.55. The third-order valence-corrected chi connectivity index (χ3v) is 6.46. The van der Waals surface area contributed by atoms with E-state index in [2.05, 4.69) is 5.32 Å². The van der Waals surface area contributed by atoms with Crippen LogP contribution in [0.1, 0.15) is 38.7 Å². The molecule has 6 nitrogen and oxygen atoms in total. The zero-order valence-corrected chi connectivity index (χ0v) is 15.2. The van der Waals surface area contributed by atoms with E-state index in [-0.39, 0.29) is 17.9 Å². The maximum absolute atomic E-state index is 12.6. The highest BCUT2D eigenvalue weighted by Crippen LogP contribution is 2.20. The summed E-state index contributed by atoms with van der Waals surface area (Å²) in [6, 6.07) is 6.50. The monoisotopic (exact) mass is 353 g/mol. The molecule has 0 bridgehead atoms. The maximum Gasteiger partial charge on any atom is 0.243 e. The van der Waals surface area contributed by atoms with E-state index in [0.29, 0.717) is 24.5 Å². The number of nitrogens with zero attached hydrogens (tertiary/aromatic N) is 1. The predicted octanol–water partition coefficient (Wildman–Crippen LogP) is 1.46. The average molecular weight is 353 g/mol. The summed E-state index contributed by atoms with van der Waals surface area (Å²) < 4.78 is 26.7. The molecule has 1 aromatic rings. The van der Waals surface area contributed by atoms with Crippen molar-refractivity contribution < 1.29 is 13.2 Å². The fraction of sp³-hybridized carbons (Fsp3) is 0.588. The maximum atomic E-state index is 12.6. The van der Waals surface area contributed by atoms with Crippen LogP contribution in [-0.4, -0.2) is 37.8 Å². The lowest BCUT2D eigenvalue weighted by atomic mass is 10.0. The number of benzene rings is 1. The largest absolute Gasteiger partial charge is 0.352 e. The van der Waals surface area contributed by atoms with Crippen LogP contribution < -0.4 is 11.1 Å². The molecule has 1 heterocycles. The lowest BCUT2D eigenvalue weighted by Gasteiger charge is -2.25. The van der Waals surface area contributed by atoms with Gasteiger partial charge in [-0.2, -0.15) is 4.31 Å². The second-order valence-corrected chi connectivity index (χ2v) is 8.41. The van der Waals surface area contributed by atoms with Crippen LogP contribution in [0.5, 0.6) is 0 Å². The molecule has 0 spiro atoms. The first-order valence-electron chi connectivity index (χ1n) is 8.45. The molecule has 1 fully saturated rings. The zero-order chi connectivity index (χ0) is 17.7. The molecule has 1 aliphatic heterocycles. The molecule has 2 rings (SSSR count). The van der Waals surface area contributed by atoms with E-state index in [9.17, 15) is 13.2 Å². The van der Waals surface area contributed by atoms with Crippen LogP contribution >= 0.6 is 0 Å². The number of hydrogen-bond acceptors (Lipinski definition) is 4. The van der Waals surface area contributed by atoms with Crippen LogP contribution in [0.2, 0.25) is 0 Å². The molecule has 0 aromatic heterocycles. The van der Waals surface area contributed by atoms with Gasteiger partial charge in [-0.1, -0.05) is 25.5 Å². The molecule has 0 radical (unpaired) electrons. The van der Waals surface area contributed by atoms with E-state index in [1.54, 1.807) is 42.4 Å². The van der Waals surface area contributed by atoms with E-state index in [4.69, 9.17) is 5.73 Å². The molecule has 2 atom stereocenters. The van der Waals surface area contributed by atoms with Gasteiger partial charge in [0.15, 0.2) is 0 Å². The Morgan fingerprint density at radius 1 is 1.17 bits per heavy atom. The van der Waals surface area contributed by atoms with E-state index in [0.717, 1.165) is 24.8 Å². The Morgan fingerprint density at radius 2 is 1.75 bits per heavy atom. The molecule has 1 amide bonds. The van der Waals surface area contributed by atoms with Crippen molar-refractivity contribution in [3.8, 4) is 0 Å². The summed E-state index contributed by atoms with van der Waals surface area (Å²) in [5, 5.41) is 2.82. The molecular formula is C17H27N3O3S. The van der Waals surface area contributed by atoms with Gasteiger partial charge in [0.05, 0.1) is 4.90 Å². The van der Waals surface area contributed by atoms with Gasteiger partial charge in [-0.15, -0.1) is 0 Å². The van der Waals surface area contributed by atoms with Crippen molar-refractivity contribution in [2.24, 2.45) is 11.7 Å². The number of carbonyl (C=O) groups is 1. The first-order chi connectivity index (χ1) is 11.3. The Morgan fingerprint density at radius 3 is 2.29 bits per heavy atom. The summed E-state index contributed by atoms with van der Waals surface area (Å²) in [5.74, 6) is -0.362. The van der Waals surface area contributed by atoms with Crippen molar-refractivity contribution in [2.45, 2.75) is 50.6 Å². The van der Waals surface area contributed by atoms with Crippen LogP contribution in [0.25, 0.3) is 0 Å². The second kappa shape index (κ2) is 8.09. The second-order valence-electron chi connectivity index (χ2n) is 6.47. The van der Waals surface area contributed by atoms with E-state index in [1.807, 2.05) is 0 Å². The standard InChI is InChI=1S/C17H27N3O3S/c1-13(14(2)18)17(21)19-12-15-6-8-16(9-7-15)24(22,23)20-10-4-3-5-11-20/h6-9,13-14H,3-5,10-12,18H2,1-2H3,(H,19,21). The molecule has 0 aliphatic carbocycles. The van der Waals surface area contributed by atoms with Gasteiger partial charge < -0.3 is 11.1 Å². The number of nitrogens with one attached hydrogen (secondary N) is 1. The van der Waals surface area contributed by atoms with E-state index < -0.39 is 10.0 Å². The van der Waals surface area contributed by atoms with Crippen molar-refractivity contribution >= 4 is 15.9 Å². The Labute approximate surface area is 144 Å². The van der Waals surface area contributed by atoms with Gasteiger partial charge in [-0.3, -0.25) is 4.79 Å². The number of amides is 1. The van der Waals surface area contributed by atoms with Crippen LogP contribution in [-0.2, 0) is 21.4 Å². The minimum absolute atomic E-state index is 0.102. The first-order valence-corrected chi connectivity index (χ1v) is 9.89. The van der Waals surface area contributed by atoms with Crippen LogP contribution in [0.4, 0.5) is 0 Å². The van der Waals surface area contributed by atoms with Crippen molar-refractivity contribution in [2.75, 3.05) is 13.1 Å². The fourth-order valence-electron chi connectivity index (χ4n) is 2.62. The number of piperidine rings is 1. The summed E-state index contributed by atoms with van der Waals surface area (Å²) in [6.07, 6.45) is 2.92. The molecule has 24 heavy (non-hydrogen) atoms. The molecule has 1 aliphatic rings. The Hall–Kier alpha value is -1.44. The van der Waals surface area contributed by atoms with E-state index >= 15 is 0 Å². The summed E-state index contributed by atoms with van der Waals surface area (Å²) in [7, 11) is -3.41. The highest BCUT2D eigenvalue weighted by Gasteiger charge is 2.25. The Balaban J connectivity index is 1.99. The topological polar surface area (TPSA) is 92.5 Å². The number of hydrogen-bond donors (Lipinski definition) is 2. The molecule has 2 unspecified atom stereocenters. The van der Waals surface area contributed by atoms with Crippen LogP contribution in [0.15, 0.2) is 29.2 Å². The van der Waals surface area contributed by atoms with Gasteiger partial charge in [-0.25, -0.2) is 8.42 Å². The van der Waals surface area contributed by atoms with Crippen LogP contribution in [0.3, 0.4) is 0 Å². The Bertz CT molecular complexity index is 650. The van der Waals surface area contributed by atoms with Crippen molar-refractivity contribution in [3.63, 3.8) is 0 Å². The number of rotatable bonds is 6. The number of sulfonamides is 1. The third kappa shape index (κ3) is 4.55. The highest BCUT2D eigenvalue weighted by molar-refractivity contribution is 7.89. The lowest BCUT2D eigenvalue weighted by molar-refractivity contribution is -0.125. The predicted molar refractivity (Wildman–Crippen MR) is 93.7 cm³/mol. The number of carbonyl (C=O) groups excluding carboxylic acids is 1. The molecule has 134 valence electrons. The van der Waals surface area contributed by atoms with Gasteiger partial charge in [0.25, 0.3) is 0 Å². The molecule has 1 saturated heterocycles. The highest BCUT2D eigenvalue weighted by atomic mass is 32.2.